The van der Waals surface area contributed by atoms with Crippen molar-refractivity contribution in [3.05, 3.63) is 30.0 Å². The van der Waals surface area contributed by atoms with E-state index in [0.717, 1.165) is 5.69 Å². The summed E-state index contributed by atoms with van der Waals surface area (Å²) in [5.41, 5.74) is 1.28. The van der Waals surface area contributed by atoms with Crippen LogP contribution in [0.5, 0.6) is 0 Å². The Kier molecular flexibility index (Phi) is 1.51. The summed E-state index contributed by atoms with van der Waals surface area (Å²) < 4.78 is 1.64. The van der Waals surface area contributed by atoms with Crippen molar-refractivity contribution in [3.8, 4) is 0 Å². The minimum absolute atomic E-state index is 0.0105. The summed E-state index contributed by atoms with van der Waals surface area (Å²) in [6, 6.07) is 1.79. The Morgan fingerprint density at radius 1 is 1.54 bits per heavy atom. The minimum Gasteiger partial charge on any atom is -0.476 e. The van der Waals surface area contributed by atoms with E-state index in [9.17, 15) is 4.79 Å². The molecule has 0 atom stereocenters. The summed E-state index contributed by atoms with van der Waals surface area (Å²) in [5, 5.41) is 8.75. The van der Waals surface area contributed by atoms with Gasteiger partial charge in [0.2, 0.25) is 0 Å². The molecule has 1 N–H and O–H groups in total. The molecule has 5 nitrogen and oxygen atoms in total. The maximum atomic E-state index is 10.7. The topological polar surface area (TPSA) is 67.5 Å². The summed E-state index contributed by atoms with van der Waals surface area (Å²) in [6.45, 7) is 1.86. The van der Waals surface area contributed by atoms with E-state index in [0.29, 0.717) is 5.65 Å². The molecule has 0 aliphatic carbocycles. The smallest absolute Gasteiger partial charge is 0.358 e. The van der Waals surface area contributed by atoms with E-state index < -0.39 is 5.97 Å². The quantitative estimate of drug-likeness (QED) is 0.697. The molecule has 2 aromatic heterocycles. The molecule has 0 aliphatic rings. The molecular formula is C8H7N3O2. The largest absolute Gasteiger partial charge is 0.476 e. The Labute approximate surface area is 73.7 Å². The molecule has 0 unspecified atom stereocenters. The SMILES string of the molecule is Cc1ccnc2c(C(=O)O)ncn12. The Morgan fingerprint density at radius 2 is 2.31 bits per heavy atom. The van der Waals surface area contributed by atoms with E-state index in [1.165, 1.54) is 6.33 Å². The third-order valence-electron chi connectivity index (χ3n) is 1.84. The lowest BCUT2D eigenvalue weighted by molar-refractivity contribution is 0.0693. The highest BCUT2D eigenvalue weighted by Gasteiger charge is 2.12. The summed E-state index contributed by atoms with van der Waals surface area (Å²) >= 11 is 0. The second kappa shape index (κ2) is 2.55. The van der Waals surface area contributed by atoms with E-state index in [4.69, 9.17) is 5.11 Å². The number of aromatic nitrogens is 3. The Morgan fingerprint density at radius 3 is 3.00 bits per heavy atom. The highest BCUT2D eigenvalue weighted by atomic mass is 16.4. The fraction of sp³-hybridized carbons (Fsp3) is 0.125. The normalized spacial score (nSPS) is 10.5. The van der Waals surface area contributed by atoms with Crippen molar-refractivity contribution in [1.29, 1.82) is 0 Å². The molecule has 2 aromatic rings. The van der Waals surface area contributed by atoms with Crippen LogP contribution in [0.1, 0.15) is 16.2 Å². The molecule has 0 aromatic carbocycles. The molecule has 13 heavy (non-hydrogen) atoms. The molecule has 0 fully saturated rings. The van der Waals surface area contributed by atoms with E-state index in [1.807, 2.05) is 6.92 Å². The Bertz CT molecular complexity index is 475. The lowest BCUT2D eigenvalue weighted by Gasteiger charge is -1.96. The van der Waals surface area contributed by atoms with Crippen molar-refractivity contribution in [3.63, 3.8) is 0 Å². The number of hydrogen-bond donors (Lipinski definition) is 1. The van der Waals surface area contributed by atoms with Crippen LogP contribution in [-0.4, -0.2) is 25.4 Å². The summed E-state index contributed by atoms with van der Waals surface area (Å²) in [6.07, 6.45) is 3.03. The summed E-state index contributed by atoms with van der Waals surface area (Å²) in [7, 11) is 0. The van der Waals surface area contributed by atoms with E-state index >= 15 is 0 Å². The molecular weight excluding hydrogens is 170 g/mol. The lowest BCUT2D eigenvalue weighted by atomic mass is 10.4. The number of carbonyl (C=O) groups is 1. The molecule has 2 heterocycles. The van der Waals surface area contributed by atoms with Gasteiger partial charge in [0.05, 0.1) is 0 Å². The highest BCUT2D eigenvalue weighted by Crippen LogP contribution is 2.08. The lowest BCUT2D eigenvalue weighted by Crippen LogP contribution is -1.99. The molecule has 66 valence electrons. The van der Waals surface area contributed by atoms with E-state index in [-0.39, 0.29) is 5.69 Å². The second-order valence-electron chi connectivity index (χ2n) is 2.68. The number of aryl methyl sites for hydroxylation is 1. The van der Waals surface area contributed by atoms with Gasteiger partial charge in [-0.25, -0.2) is 14.8 Å². The molecule has 0 amide bonds. The number of carboxylic acid groups (broad SMARTS) is 1. The first-order chi connectivity index (χ1) is 6.20. The van der Waals surface area contributed by atoms with E-state index in [2.05, 4.69) is 9.97 Å². The molecule has 0 saturated heterocycles. The van der Waals surface area contributed by atoms with Crippen molar-refractivity contribution in [2.75, 3.05) is 0 Å². The average Bonchev–Trinajstić information content (AvgIpc) is 2.48. The van der Waals surface area contributed by atoms with Gasteiger partial charge in [-0.1, -0.05) is 0 Å². The summed E-state index contributed by atoms with van der Waals surface area (Å²) in [5.74, 6) is -1.06. The average molecular weight is 177 g/mol. The van der Waals surface area contributed by atoms with Gasteiger partial charge in [0.25, 0.3) is 0 Å². The van der Waals surface area contributed by atoms with Gasteiger partial charge in [-0.2, -0.15) is 0 Å². The molecule has 0 aliphatic heterocycles. The Hall–Kier alpha value is -1.91. The number of hydrogen-bond acceptors (Lipinski definition) is 3. The molecule has 0 saturated carbocycles. The zero-order valence-electron chi connectivity index (χ0n) is 6.93. The van der Waals surface area contributed by atoms with Crippen LogP contribution in [0.3, 0.4) is 0 Å². The van der Waals surface area contributed by atoms with Crippen molar-refractivity contribution in [2.24, 2.45) is 0 Å². The first-order valence-corrected chi connectivity index (χ1v) is 3.72. The van der Waals surface area contributed by atoms with Crippen LogP contribution in [0.4, 0.5) is 0 Å². The first kappa shape index (κ1) is 7.72. The van der Waals surface area contributed by atoms with E-state index in [1.54, 1.807) is 16.7 Å². The number of rotatable bonds is 1. The molecule has 2 rings (SSSR count). The van der Waals surface area contributed by atoms with Crippen molar-refractivity contribution in [1.82, 2.24) is 14.4 Å². The van der Waals surface area contributed by atoms with Gasteiger partial charge in [0.1, 0.15) is 6.33 Å². The summed E-state index contributed by atoms with van der Waals surface area (Å²) in [4.78, 5) is 18.4. The van der Waals surface area contributed by atoms with Crippen LogP contribution >= 0.6 is 0 Å². The van der Waals surface area contributed by atoms with Gasteiger partial charge >= 0.3 is 5.97 Å². The highest BCUT2D eigenvalue weighted by molar-refractivity contribution is 5.92. The molecule has 5 heteroatoms. The van der Waals surface area contributed by atoms with Crippen molar-refractivity contribution in [2.45, 2.75) is 6.92 Å². The number of carboxylic acids is 1. The van der Waals surface area contributed by atoms with Crippen molar-refractivity contribution >= 4 is 11.6 Å². The van der Waals surface area contributed by atoms with Gasteiger partial charge < -0.3 is 5.11 Å². The van der Waals surface area contributed by atoms with Crippen LogP contribution in [0.2, 0.25) is 0 Å². The Balaban J connectivity index is 2.83. The number of nitrogens with zero attached hydrogens (tertiary/aromatic N) is 3. The first-order valence-electron chi connectivity index (χ1n) is 3.72. The van der Waals surface area contributed by atoms with Gasteiger partial charge in [-0.05, 0) is 13.0 Å². The zero-order valence-corrected chi connectivity index (χ0v) is 6.93. The van der Waals surface area contributed by atoms with Crippen LogP contribution in [0, 0.1) is 6.92 Å². The maximum Gasteiger partial charge on any atom is 0.358 e. The maximum absolute atomic E-state index is 10.7. The van der Waals surface area contributed by atoms with Gasteiger partial charge in [-0.15, -0.1) is 0 Å². The molecule has 0 radical (unpaired) electrons. The fourth-order valence-corrected chi connectivity index (χ4v) is 1.17. The molecule has 0 spiro atoms. The third-order valence-corrected chi connectivity index (χ3v) is 1.84. The predicted octanol–water partition coefficient (Wildman–Crippen LogP) is 0.736. The number of imidazole rings is 1. The van der Waals surface area contributed by atoms with Gasteiger partial charge in [0.15, 0.2) is 11.3 Å². The zero-order chi connectivity index (χ0) is 9.42. The van der Waals surface area contributed by atoms with Gasteiger partial charge in [-0.3, -0.25) is 4.40 Å². The predicted molar refractivity (Wildman–Crippen MR) is 44.7 cm³/mol. The van der Waals surface area contributed by atoms with Crippen LogP contribution in [0.15, 0.2) is 18.6 Å². The molecule has 0 bridgehead atoms. The fourth-order valence-electron chi connectivity index (χ4n) is 1.17. The van der Waals surface area contributed by atoms with Crippen LogP contribution < -0.4 is 0 Å². The minimum atomic E-state index is -1.06. The van der Waals surface area contributed by atoms with Crippen LogP contribution in [0.25, 0.3) is 5.65 Å². The van der Waals surface area contributed by atoms with Crippen LogP contribution in [-0.2, 0) is 0 Å². The third kappa shape index (κ3) is 1.05. The number of fused-ring (bicyclic) bond motifs is 1. The number of aromatic carboxylic acids is 1. The van der Waals surface area contributed by atoms with Crippen molar-refractivity contribution < 1.29 is 9.90 Å². The van der Waals surface area contributed by atoms with Gasteiger partial charge in [0, 0.05) is 11.9 Å². The second-order valence-corrected chi connectivity index (χ2v) is 2.68. The monoisotopic (exact) mass is 177 g/mol. The standard InChI is InChI=1S/C8H7N3O2/c1-5-2-3-9-7-6(8(12)13)10-4-11(5)7/h2-4H,1H3,(H,12,13).